The monoisotopic (exact) mass is 342 g/mol. The van der Waals surface area contributed by atoms with Gasteiger partial charge in [-0.1, -0.05) is 17.7 Å². The topological polar surface area (TPSA) is 59.4 Å². The largest absolute Gasteiger partial charge is 0.490 e. The van der Waals surface area contributed by atoms with Crippen LogP contribution in [-0.2, 0) is 11.8 Å². The number of likely N-dealkylation sites (tertiary alicyclic amines) is 1. The third-order valence-corrected chi connectivity index (χ3v) is 4.67. The number of carbonyl (C=O) groups excluding carboxylic acids is 1. The number of aryl methyl sites for hydroxylation is 2. The average Bonchev–Trinajstić information content (AvgIpc) is 3.04. The minimum absolute atomic E-state index is 0.101. The predicted molar refractivity (Wildman–Crippen MR) is 96.4 cm³/mol. The number of hydrogen-bond acceptors (Lipinski definition) is 4. The molecule has 2 heterocycles. The molecule has 3 rings (SSSR count). The Morgan fingerprint density at radius 3 is 2.52 bits per heavy atom. The van der Waals surface area contributed by atoms with E-state index in [1.807, 2.05) is 37.3 Å². The van der Waals surface area contributed by atoms with Crippen molar-refractivity contribution in [2.45, 2.75) is 31.9 Å². The van der Waals surface area contributed by atoms with E-state index < -0.39 is 0 Å². The second-order valence-corrected chi connectivity index (χ2v) is 6.62. The lowest BCUT2D eigenvalue weighted by Gasteiger charge is -2.34. The Morgan fingerprint density at radius 2 is 1.96 bits per heavy atom. The van der Waals surface area contributed by atoms with Crippen LogP contribution < -0.4 is 10.1 Å². The summed E-state index contributed by atoms with van der Waals surface area (Å²) in [5.74, 6) is 1.00. The molecule has 2 aromatic rings. The first-order valence-corrected chi connectivity index (χ1v) is 8.74. The zero-order valence-corrected chi connectivity index (χ0v) is 15.1. The first-order valence-electron chi connectivity index (χ1n) is 8.74. The summed E-state index contributed by atoms with van der Waals surface area (Å²) in [6, 6.07) is 7.78. The minimum atomic E-state index is -0.344. The van der Waals surface area contributed by atoms with Gasteiger partial charge in [0.25, 0.3) is 0 Å². The molecule has 0 saturated carbocycles. The molecule has 1 amide bonds. The molecule has 1 saturated heterocycles. The van der Waals surface area contributed by atoms with Crippen molar-refractivity contribution < 1.29 is 9.53 Å². The smallest absolute Gasteiger partial charge is 0.244 e. The Bertz CT molecular complexity index is 702. The van der Waals surface area contributed by atoms with Gasteiger partial charge in [0, 0.05) is 44.7 Å². The molecule has 1 fully saturated rings. The highest BCUT2D eigenvalue weighted by Gasteiger charge is 2.29. The van der Waals surface area contributed by atoms with Gasteiger partial charge in [-0.05, 0) is 26.1 Å². The highest BCUT2D eigenvalue weighted by Crippen LogP contribution is 2.22. The molecule has 1 aliphatic rings. The molecule has 0 spiro atoms. The van der Waals surface area contributed by atoms with Gasteiger partial charge in [0.15, 0.2) is 0 Å². The van der Waals surface area contributed by atoms with Gasteiger partial charge in [-0.25, -0.2) is 0 Å². The highest BCUT2D eigenvalue weighted by atomic mass is 16.5. The molecular formula is C19H26N4O2. The van der Waals surface area contributed by atoms with Gasteiger partial charge in [-0.2, -0.15) is 5.10 Å². The van der Waals surface area contributed by atoms with Gasteiger partial charge in [0.2, 0.25) is 5.91 Å². The molecule has 25 heavy (non-hydrogen) atoms. The Balaban J connectivity index is 1.55. The molecule has 0 radical (unpaired) electrons. The number of hydrogen-bond donors (Lipinski definition) is 1. The Kier molecular flexibility index (Phi) is 5.38. The van der Waals surface area contributed by atoms with Crippen LogP contribution in [-0.4, -0.2) is 46.8 Å². The molecule has 1 aliphatic heterocycles. The molecule has 1 atom stereocenters. The SMILES string of the molecule is CNC(C(=O)N1CCC(Oc2ccc(C)cc2)CC1)c1cnn(C)c1. The minimum Gasteiger partial charge on any atom is -0.490 e. The average molecular weight is 342 g/mol. The van der Waals surface area contributed by atoms with Gasteiger partial charge in [0.05, 0.1) is 6.20 Å². The molecule has 0 aliphatic carbocycles. The lowest BCUT2D eigenvalue weighted by Crippen LogP contribution is -2.46. The maximum Gasteiger partial charge on any atom is 0.244 e. The summed E-state index contributed by atoms with van der Waals surface area (Å²) in [4.78, 5) is 14.7. The van der Waals surface area contributed by atoms with Crippen molar-refractivity contribution in [1.82, 2.24) is 20.0 Å². The summed E-state index contributed by atoms with van der Waals surface area (Å²) < 4.78 is 7.76. The van der Waals surface area contributed by atoms with Crippen LogP contribution in [0.5, 0.6) is 5.75 Å². The summed E-state index contributed by atoms with van der Waals surface area (Å²) in [6.07, 6.45) is 5.49. The summed E-state index contributed by atoms with van der Waals surface area (Å²) in [7, 11) is 3.66. The van der Waals surface area contributed by atoms with Crippen LogP contribution in [0.15, 0.2) is 36.7 Å². The van der Waals surface area contributed by atoms with Crippen LogP contribution in [0.2, 0.25) is 0 Å². The zero-order chi connectivity index (χ0) is 17.8. The van der Waals surface area contributed by atoms with Crippen molar-refractivity contribution in [2.75, 3.05) is 20.1 Å². The molecule has 134 valence electrons. The van der Waals surface area contributed by atoms with E-state index in [1.54, 1.807) is 10.9 Å². The standard InChI is InChI=1S/C19H26N4O2/c1-14-4-6-16(7-5-14)25-17-8-10-23(11-9-17)19(24)18(20-2)15-12-21-22(3)13-15/h4-7,12-13,17-18,20H,8-11H2,1-3H3. The van der Waals surface area contributed by atoms with Crippen LogP contribution in [0.25, 0.3) is 0 Å². The lowest BCUT2D eigenvalue weighted by molar-refractivity contribution is -0.135. The summed E-state index contributed by atoms with van der Waals surface area (Å²) in [5, 5.41) is 7.27. The number of benzene rings is 1. The number of nitrogens with one attached hydrogen (secondary N) is 1. The van der Waals surface area contributed by atoms with Crippen molar-refractivity contribution in [3.8, 4) is 5.75 Å². The van der Waals surface area contributed by atoms with Gasteiger partial charge in [-0.3, -0.25) is 9.48 Å². The number of piperidine rings is 1. The van der Waals surface area contributed by atoms with E-state index in [9.17, 15) is 4.79 Å². The van der Waals surface area contributed by atoms with Gasteiger partial charge in [0.1, 0.15) is 17.9 Å². The van der Waals surface area contributed by atoms with Crippen molar-refractivity contribution in [3.63, 3.8) is 0 Å². The van der Waals surface area contributed by atoms with Gasteiger partial charge >= 0.3 is 0 Å². The number of nitrogens with zero attached hydrogens (tertiary/aromatic N) is 3. The van der Waals surface area contributed by atoms with E-state index >= 15 is 0 Å². The Labute approximate surface area is 148 Å². The molecule has 1 aromatic heterocycles. The van der Waals surface area contributed by atoms with Gasteiger partial charge in [-0.15, -0.1) is 0 Å². The van der Waals surface area contributed by atoms with Crippen LogP contribution in [0, 0.1) is 6.92 Å². The predicted octanol–water partition coefficient (Wildman–Crippen LogP) is 2.06. The number of rotatable bonds is 5. The van der Waals surface area contributed by atoms with Crippen molar-refractivity contribution >= 4 is 5.91 Å². The van der Waals surface area contributed by atoms with E-state index in [-0.39, 0.29) is 18.1 Å². The number of likely N-dealkylation sites (N-methyl/N-ethyl adjacent to an activating group) is 1. The van der Waals surface area contributed by atoms with E-state index in [2.05, 4.69) is 29.5 Å². The first kappa shape index (κ1) is 17.5. The number of aromatic nitrogens is 2. The fourth-order valence-corrected chi connectivity index (χ4v) is 3.21. The summed E-state index contributed by atoms with van der Waals surface area (Å²) >= 11 is 0. The molecule has 6 nitrogen and oxygen atoms in total. The fraction of sp³-hybridized carbons (Fsp3) is 0.474. The maximum absolute atomic E-state index is 12.8. The molecule has 1 aromatic carbocycles. The second kappa shape index (κ2) is 7.70. The zero-order valence-electron chi connectivity index (χ0n) is 15.1. The highest BCUT2D eigenvalue weighted by molar-refractivity contribution is 5.83. The van der Waals surface area contributed by atoms with E-state index in [0.717, 1.165) is 24.2 Å². The Hall–Kier alpha value is -2.34. The van der Waals surface area contributed by atoms with Gasteiger partial charge < -0.3 is 15.0 Å². The summed E-state index contributed by atoms with van der Waals surface area (Å²) in [6.45, 7) is 3.50. The fourth-order valence-electron chi connectivity index (χ4n) is 3.21. The Morgan fingerprint density at radius 1 is 1.28 bits per heavy atom. The van der Waals surface area contributed by atoms with E-state index in [0.29, 0.717) is 13.1 Å². The van der Waals surface area contributed by atoms with Crippen LogP contribution in [0.3, 0.4) is 0 Å². The third kappa shape index (κ3) is 4.20. The van der Waals surface area contributed by atoms with Crippen molar-refractivity contribution in [1.29, 1.82) is 0 Å². The normalized spacial score (nSPS) is 16.7. The first-order chi connectivity index (χ1) is 12.1. The molecule has 1 unspecified atom stereocenters. The maximum atomic E-state index is 12.8. The van der Waals surface area contributed by atoms with Crippen molar-refractivity contribution in [3.05, 3.63) is 47.8 Å². The summed E-state index contributed by atoms with van der Waals surface area (Å²) in [5.41, 5.74) is 2.12. The lowest BCUT2D eigenvalue weighted by atomic mass is 10.0. The third-order valence-electron chi connectivity index (χ3n) is 4.67. The molecular weight excluding hydrogens is 316 g/mol. The quantitative estimate of drug-likeness (QED) is 0.904. The second-order valence-electron chi connectivity index (χ2n) is 6.62. The number of ether oxygens (including phenoxy) is 1. The van der Waals surface area contributed by atoms with E-state index in [4.69, 9.17) is 4.74 Å². The number of carbonyl (C=O) groups is 1. The molecule has 6 heteroatoms. The van der Waals surface area contributed by atoms with Crippen LogP contribution in [0.1, 0.15) is 30.0 Å². The van der Waals surface area contributed by atoms with Crippen LogP contribution in [0.4, 0.5) is 0 Å². The van der Waals surface area contributed by atoms with Crippen LogP contribution >= 0.6 is 0 Å². The number of amides is 1. The molecule has 1 N–H and O–H groups in total. The van der Waals surface area contributed by atoms with Crippen molar-refractivity contribution in [2.24, 2.45) is 7.05 Å². The molecule has 0 bridgehead atoms. The van der Waals surface area contributed by atoms with E-state index in [1.165, 1.54) is 5.56 Å².